The summed E-state index contributed by atoms with van der Waals surface area (Å²) in [5.41, 5.74) is -0.495. The highest BCUT2D eigenvalue weighted by molar-refractivity contribution is 5.90. The van der Waals surface area contributed by atoms with Crippen molar-refractivity contribution >= 4 is 11.9 Å². The maximum absolute atomic E-state index is 12.5. The number of carbonyl (C=O) groups excluding carboxylic acids is 2. The van der Waals surface area contributed by atoms with Crippen LogP contribution in [-0.4, -0.2) is 37.7 Å². The second-order valence-corrected chi connectivity index (χ2v) is 6.36. The number of nitriles is 1. The predicted octanol–water partition coefficient (Wildman–Crippen LogP) is 2.59. The average Bonchev–Trinajstić information content (AvgIpc) is 2.68. The lowest BCUT2D eigenvalue weighted by molar-refractivity contribution is -0.129. The number of methoxy groups -OCH3 is 2. The van der Waals surface area contributed by atoms with E-state index >= 15 is 0 Å². The van der Waals surface area contributed by atoms with E-state index in [2.05, 4.69) is 16.1 Å². The van der Waals surface area contributed by atoms with E-state index in [9.17, 15) is 14.9 Å². The van der Waals surface area contributed by atoms with Crippen LogP contribution in [0.4, 0.5) is 0 Å². The number of nitrogens with one attached hydrogen (secondary N) is 1. The highest BCUT2D eigenvalue weighted by atomic mass is 16.5. The molecular formula is C19H24N2O5. The Balaban J connectivity index is 2.08. The summed E-state index contributed by atoms with van der Waals surface area (Å²) in [5, 5.41) is 12.3. The van der Waals surface area contributed by atoms with Gasteiger partial charge < -0.3 is 19.5 Å². The van der Waals surface area contributed by atoms with Crippen LogP contribution < -0.4 is 14.8 Å². The third-order valence-electron chi connectivity index (χ3n) is 4.54. The van der Waals surface area contributed by atoms with Gasteiger partial charge in [0.1, 0.15) is 5.54 Å². The summed E-state index contributed by atoms with van der Waals surface area (Å²) in [4.78, 5) is 24.1. The first-order chi connectivity index (χ1) is 12.4. The van der Waals surface area contributed by atoms with Crippen LogP contribution in [0, 0.1) is 11.3 Å². The number of hydrogen-bond donors (Lipinski definition) is 1. The van der Waals surface area contributed by atoms with Crippen molar-refractivity contribution in [2.45, 2.75) is 50.7 Å². The molecule has 0 bridgehead atoms. The van der Waals surface area contributed by atoms with Gasteiger partial charge in [-0.3, -0.25) is 4.79 Å². The van der Waals surface area contributed by atoms with Crippen molar-refractivity contribution in [3.05, 3.63) is 23.8 Å². The summed E-state index contributed by atoms with van der Waals surface area (Å²) < 4.78 is 15.6. The quantitative estimate of drug-likeness (QED) is 0.783. The van der Waals surface area contributed by atoms with Crippen LogP contribution in [0.2, 0.25) is 0 Å². The number of nitrogens with zero attached hydrogens (tertiary/aromatic N) is 1. The molecule has 26 heavy (non-hydrogen) atoms. The molecule has 7 heteroatoms. The molecule has 140 valence electrons. The van der Waals surface area contributed by atoms with Crippen LogP contribution in [0.5, 0.6) is 11.5 Å². The minimum Gasteiger partial charge on any atom is -0.493 e. The summed E-state index contributed by atoms with van der Waals surface area (Å²) in [7, 11) is 2.74. The molecule has 0 aromatic heterocycles. The highest BCUT2D eigenvalue weighted by Crippen LogP contribution is 2.30. The normalized spacial score (nSPS) is 16.7. The fraction of sp³-hybridized carbons (Fsp3) is 0.526. The summed E-state index contributed by atoms with van der Waals surface area (Å²) in [5.74, 6) is -0.195. The van der Waals surface area contributed by atoms with Crippen LogP contribution in [0.1, 0.15) is 49.4 Å². The Hall–Kier alpha value is -2.75. The largest absolute Gasteiger partial charge is 0.493 e. The van der Waals surface area contributed by atoms with Gasteiger partial charge in [-0.15, -0.1) is 0 Å². The summed E-state index contributed by atoms with van der Waals surface area (Å²) in [6.07, 6.45) is 3.41. The first kappa shape index (κ1) is 19.6. The molecule has 7 nitrogen and oxygen atoms in total. The predicted molar refractivity (Wildman–Crippen MR) is 94.0 cm³/mol. The zero-order valence-electron chi connectivity index (χ0n) is 15.3. The number of rotatable bonds is 6. The Kier molecular flexibility index (Phi) is 6.45. The van der Waals surface area contributed by atoms with E-state index in [1.165, 1.54) is 26.4 Å². The van der Waals surface area contributed by atoms with Crippen molar-refractivity contribution < 1.29 is 23.8 Å². The van der Waals surface area contributed by atoms with E-state index in [0.29, 0.717) is 29.9 Å². The zero-order chi connectivity index (χ0) is 19.2. The van der Waals surface area contributed by atoms with Crippen LogP contribution in [-0.2, 0) is 9.53 Å². The van der Waals surface area contributed by atoms with Crippen molar-refractivity contribution in [2.24, 2.45) is 0 Å². The fourth-order valence-corrected chi connectivity index (χ4v) is 3.01. The molecule has 1 saturated carbocycles. The van der Waals surface area contributed by atoms with Gasteiger partial charge in [0.05, 0.1) is 25.9 Å². The first-order valence-electron chi connectivity index (χ1n) is 8.61. The number of esters is 1. The van der Waals surface area contributed by atoms with E-state index in [0.717, 1.165) is 19.3 Å². The van der Waals surface area contributed by atoms with Crippen molar-refractivity contribution in [3.63, 3.8) is 0 Å². The molecule has 1 amide bonds. The van der Waals surface area contributed by atoms with Gasteiger partial charge >= 0.3 is 5.97 Å². The van der Waals surface area contributed by atoms with Gasteiger partial charge in [0.25, 0.3) is 5.91 Å². The monoisotopic (exact) mass is 360 g/mol. The number of benzene rings is 1. The Morgan fingerprint density at radius 3 is 2.46 bits per heavy atom. The third kappa shape index (κ3) is 4.45. The summed E-state index contributed by atoms with van der Waals surface area (Å²) in [6, 6.07) is 6.83. The lowest BCUT2D eigenvalue weighted by Crippen LogP contribution is -2.52. The van der Waals surface area contributed by atoms with Gasteiger partial charge in [-0.25, -0.2) is 4.79 Å². The maximum Gasteiger partial charge on any atom is 0.337 e. The van der Waals surface area contributed by atoms with Crippen molar-refractivity contribution in [3.8, 4) is 17.6 Å². The molecule has 0 unspecified atom stereocenters. The van der Waals surface area contributed by atoms with Gasteiger partial charge in [-0.05, 0) is 38.0 Å². The molecular weight excluding hydrogens is 336 g/mol. The van der Waals surface area contributed by atoms with Gasteiger partial charge in [0, 0.05) is 0 Å². The number of carbonyl (C=O) groups is 2. The SMILES string of the molecule is COC(=O)c1ccc(O[C@H](C)C(=O)NC2(C#N)CCCCC2)c(OC)c1. The molecule has 1 atom stereocenters. The molecule has 0 spiro atoms. The number of amides is 1. The average molecular weight is 360 g/mol. The van der Waals surface area contributed by atoms with Crippen LogP contribution in [0.3, 0.4) is 0 Å². The molecule has 0 heterocycles. The second-order valence-electron chi connectivity index (χ2n) is 6.36. The Morgan fingerprint density at radius 1 is 1.19 bits per heavy atom. The van der Waals surface area contributed by atoms with E-state index in [1.807, 2.05) is 0 Å². The van der Waals surface area contributed by atoms with Gasteiger partial charge in [0.2, 0.25) is 0 Å². The Bertz CT molecular complexity index is 704. The molecule has 0 aliphatic heterocycles. The number of ether oxygens (including phenoxy) is 3. The molecule has 1 aliphatic carbocycles. The molecule has 1 N–H and O–H groups in total. The first-order valence-corrected chi connectivity index (χ1v) is 8.61. The van der Waals surface area contributed by atoms with Crippen molar-refractivity contribution in [1.82, 2.24) is 5.32 Å². The minimum atomic E-state index is -0.819. The molecule has 1 aliphatic rings. The van der Waals surface area contributed by atoms with E-state index in [4.69, 9.17) is 9.47 Å². The van der Waals surface area contributed by atoms with Crippen molar-refractivity contribution in [1.29, 1.82) is 5.26 Å². The standard InChI is InChI=1S/C19H24N2O5/c1-13(17(22)21-19(12-20)9-5-4-6-10-19)26-15-8-7-14(18(23)25-3)11-16(15)24-2/h7-8,11,13H,4-6,9-10H2,1-3H3,(H,21,22)/t13-/m1/s1. The lowest BCUT2D eigenvalue weighted by atomic mass is 9.83. The fourth-order valence-electron chi connectivity index (χ4n) is 3.01. The van der Waals surface area contributed by atoms with Crippen LogP contribution in [0.15, 0.2) is 18.2 Å². The lowest BCUT2D eigenvalue weighted by Gasteiger charge is -2.32. The van der Waals surface area contributed by atoms with Crippen molar-refractivity contribution in [2.75, 3.05) is 14.2 Å². The van der Waals surface area contributed by atoms with E-state index in [1.54, 1.807) is 13.0 Å². The molecule has 1 fully saturated rings. The topological polar surface area (TPSA) is 97.6 Å². The summed E-state index contributed by atoms with van der Waals surface area (Å²) in [6.45, 7) is 1.61. The van der Waals surface area contributed by atoms with Gasteiger partial charge in [0.15, 0.2) is 17.6 Å². The molecule has 1 aromatic rings. The smallest absolute Gasteiger partial charge is 0.337 e. The third-order valence-corrected chi connectivity index (χ3v) is 4.54. The molecule has 2 rings (SSSR count). The summed E-state index contributed by atoms with van der Waals surface area (Å²) >= 11 is 0. The van der Waals surface area contributed by atoms with E-state index < -0.39 is 17.6 Å². The van der Waals surface area contributed by atoms with Gasteiger partial charge in [-0.2, -0.15) is 5.26 Å². The number of hydrogen-bond acceptors (Lipinski definition) is 6. The highest BCUT2D eigenvalue weighted by Gasteiger charge is 2.35. The maximum atomic E-state index is 12.5. The minimum absolute atomic E-state index is 0.319. The Morgan fingerprint density at radius 2 is 1.88 bits per heavy atom. The Labute approximate surface area is 153 Å². The second kappa shape index (κ2) is 8.56. The van der Waals surface area contributed by atoms with Crippen LogP contribution >= 0.6 is 0 Å². The molecule has 0 radical (unpaired) electrons. The molecule has 1 aromatic carbocycles. The van der Waals surface area contributed by atoms with E-state index in [-0.39, 0.29) is 5.91 Å². The van der Waals surface area contributed by atoms with Crippen LogP contribution in [0.25, 0.3) is 0 Å². The zero-order valence-corrected chi connectivity index (χ0v) is 15.3. The van der Waals surface area contributed by atoms with Gasteiger partial charge in [-0.1, -0.05) is 19.3 Å². The molecule has 0 saturated heterocycles.